The van der Waals surface area contributed by atoms with Gasteiger partial charge >= 0.3 is 0 Å². The number of aromatic amines is 1. The second-order valence-electron chi connectivity index (χ2n) is 7.60. The number of halogens is 2. The van der Waals surface area contributed by atoms with Gasteiger partial charge in [-0.15, -0.1) is 0 Å². The van der Waals surface area contributed by atoms with Crippen LogP contribution >= 0.6 is 11.6 Å². The number of amides is 1. The van der Waals surface area contributed by atoms with Crippen molar-refractivity contribution in [1.29, 1.82) is 0 Å². The molecule has 33 heavy (non-hydrogen) atoms. The fourth-order valence-electron chi connectivity index (χ4n) is 3.95. The van der Waals surface area contributed by atoms with Crippen LogP contribution in [0.5, 0.6) is 5.75 Å². The first kappa shape index (κ1) is 22.5. The van der Waals surface area contributed by atoms with Crippen LogP contribution in [0.25, 0.3) is 5.76 Å². The number of carbonyl (C=O) groups is 2. The Hall–Kier alpha value is -3.65. The molecule has 0 aliphatic carbocycles. The van der Waals surface area contributed by atoms with Crippen LogP contribution in [0.15, 0.2) is 66.8 Å². The molecule has 170 valence electrons. The summed E-state index contributed by atoms with van der Waals surface area (Å²) in [7, 11) is 1.46. The molecule has 1 aliphatic heterocycles. The lowest BCUT2D eigenvalue weighted by Crippen LogP contribution is -2.36. The molecule has 1 fully saturated rings. The van der Waals surface area contributed by atoms with Crippen molar-refractivity contribution < 1.29 is 28.4 Å². The van der Waals surface area contributed by atoms with Gasteiger partial charge in [-0.1, -0.05) is 23.7 Å². The number of methoxy groups -OCH3 is 1. The number of likely N-dealkylation sites (tertiary alicyclic amines) is 1. The van der Waals surface area contributed by atoms with Crippen molar-refractivity contribution in [1.82, 2.24) is 9.88 Å². The zero-order chi connectivity index (χ0) is 23.5. The highest BCUT2D eigenvalue weighted by Crippen LogP contribution is 2.40. The minimum atomic E-state index is -0.859. The average Bonchev–Trinajstić information content (AvgIpc) is 3.41. The van der Waals surface area contributed by atoms with E-state index in [1.165, 1.54) is 42.3 Å². The fraction of sp³-hybridized carbons (Fsp3) is 0.208. The Balaban J connectivity index is 1.74. The molecular weight excluding hydrogens is 449 g/mol. The second kappa shape index (κ2) is 9.46. The van der Waals surface area contributed by atoms with E-state index in [9.17, 15) is 19.1 Å². The van der Waals surface area contributed by atoms with Gasteiger partial charge in [0.15, 0.2) is 0 Å². The quantitative estimate of drug-likeness (QED) is 0.239. The molecule has 4 rings (SSSR count). The van der Waals surface area contributed by atoms with Crippen molar-refractivity contribution in [2.24, 2.45) is 0 Å². The van der Waals surface area contributed by atoms with E-state index in [0.717, 1.165) is 0 Å². The predicted molar refractivity (Wildman–Crippen MR) is 119 cm³/mol. The van der Waals surface area contributed by atoms with E-state index in [0.29, 0.717) is 24.3 Å². The molecule has 2 aromatic carbocycles. The average molecular weight is 471 g/mol. The topological polar surface area (TPSA) is 86.5 Å². The summed E-state index contributed by atoms with van der Waals surface area (Å²) in [6.45, 7) is 0.891. The van der Waals surface area contributed by atoms with Crippen LogP contribution in [0, 0.1) is 5.82 Å². The number of aliphatic hydroxyl groups excluding tert-OH is 1. The van der Waals surface area contributed by atoms with Gasteiger partial charge in [0.1, 0.15) is 29.7 Å². The number of aromatic nitrogens is 2. The molecule has 7 nitrogen and oxygen atoms in total. The van der Waals surface area contributed by atoms with E-state index in [1.54, 1.807) is 24.7 Å². The van der Waals surface area contributed by atoms with Gasteiger partial charge < -0.3 is 14.7 Å². The standard InChI is InChI=1S/C24H21ClFN3O4/c1-33-19-8-5-16(13-18(19)25)22(30)20-21(15-3-6-17(26)7-4-15)29(24(32)23(20)31)11-2-10-28-12-9-27-14-28/h3-9,12-14,21H,2,10-11H2,1H3,(H,30,31)/p+1. The lowest BCUT2D eigenvalue weighted by atomic mass is 9.95. The molecule has 1 unspecified atom stereocenters. The second-order valence-corrected chi connectivity index (χ2v) is 8.00. The lowest BCUT2D eigenvalue weighted by Gasteiger charge is -2.25. The number of aryl methyl sites for hydroxylation is 1. The third-order valence-corrected chi connectivity index (χ3v) is 5.86. The highest BCUT2D eigenvalue weighted by Gasteiger charge is 2.45. The molecular formula is C24H22ClFN3O4+. The maximum Gasteiger partial charge on any atom is 0.295 e. The number of ether oxygens (including phenoxy) is 1. The summed E-state index contributed by atoms with van der Waals surface area (Å²) in [5, 5.41) is 11.3. The Bertz CT molecular complexity index is 1210. The summed E-state index contributed by atoms with van der Waals surface area (Å²) in [6, 6.07) is 9.26. The van der Waals surface area contributed by atoms with Crippen LogP contribution in [-0.4, -0.2) is 40.3 Å². The van der Waals surface area contributed by atoms with Gasteiger partial charge in [-0.25, -0.2) is 8.96 Å². The molecule has 0 spiro atoms. The molecule has 1 aromatic heterocycles. The summed E-state index contributed by atoms with van der Waals surface area (Å²) in [5.74, 6) is -1.91. The van der Waals surface area contributed by atoms with Gasteiger partial charge in [-0.3, -0.25) is 14.6 Å². The van der Waals surface area contributed by atoms with E-state index in [2.05, 4.69) is 4.98 Å². The van der Waals surface area contributed by atoms with Crippen molar-refractivity contribution in [3.63, 3.8) is 0 Å². The first-order chi connectivity index (χ1) is 15.9. The number of benzene rings is 2. The predicted octanol–water partition coefficient (Wildman–Crippen LogP) is 3.62. The number of carbonyl (C=O) groups excluding carboxylic acids is 2. The molecule has 1 atom stereocenters. The Morgan fingerprint density at radius 1 is 1.24 bits per heavy atom. The third kappa shape index (κ3) is 4.47. The van der Waals surface area contributed by atoms with Crippen LogP contribution in [0.3, 0.4) is 0 Å². The molecule has 0 bridgehead atoms. The number of aliphatic hydroxyl groups is 1. The number of Topliss-reactive ketones (excluding diaryl/α,β-unsaturated/α-hetero) is 1. The summed E-state index contributed by atoms with van der Waals surface area (Å²) in [4.78, 5) is 30.4. The maximum absolute atomic E-state index is 13.6. The Labute approximate surface area is 194 Å². The SMILES string of the molecule is COc1ccc(/C(O)=C2\C(=O)C(=O)N(CCC[n+]3cc[nH]c3)C2c2ccc(F)cc2)cc1Cl. The summed E-state index contributed by atoms with van der Waals surface area (Å²) in [6.07, 6.45) is 6.00. The van der Waals surface area contributed by atoms with Crippen LogP contribution in [0.2, 0.25) is 5.02 Å². The van der Waals surface area contributed by atoms with Crippen molar-refractivity contribution in [2.45, 2.75) is 19.0 Å². The van der Waals surface area contributed by atoms with E-state index in [4.69, 9.17) is 16.3 Å². The number of nitrogens with one attached hydrogen (secondary N) is 1. The summed E-state index contributed by atoms with van der Waals surface area (Å²) >= 11 is 6.19. The largest absolute Gasteiger partial charge is 0.507 e. The molecule has 9 heteroatoms. The highest BCUT2D eigenvalue weighted by molar-refractivity contribution is 6.46. The first-order valence-corrected chi connectivity index (χ1v) is 10.7. The highest BCUT2D eigenvalue weighted by atomic mass is 35.5. The molecule has 1 saturated heterocycles. The van der Waals surface area contributed by atoms with Crippen LogP contribution < -0.4 is 9.30 Å². The van der Waals surface area contributed by atoms with Crippen LogP contribution in [0.4, 0.5) is 4.39 Å². The van der Waals surface area contributed by atoms with E-state index >= 15 is 0 Å². The molecule has 3 aromatic rings. The fourth-order valence-corrected chi connectivity index (χ4v) is 4.21. The van der Waals surface area contributed by atoms with Crippen LogP contribution in [-0.2, 0) is 16.1 Å². The number of H-pyrrole nitrogens is 1. The summed E-state index contributed by atoms with van der Waals surface area (Å²) < 4.78 is 20.6. The Morgan fingerprint density at radius 3 is 2.64 bits per heavy atom. The molecule has 0 saturated carbocycles. The van der Waals surface area contributed by atoms with Gasteiger partial charge in [0.2, 0.25) is 6.33 Å². The number of ketones is 1. The monoisotopic (exact) mass is 470 g/mol. The Morgan fingerprint density at radius 2 is 2.00 bits per heavy atom. The molecule has 1 aliphatic rings. The van der Waals surface area contributed by atoms with Crippen molar-refractivity contribution in [3.05, 3.63) is 88.7 Å². The Kier molecular flexibility index (Phi) is 6.46. The van der Waals surface area contributed by atoms with Gasteiger partial charge in [0.05, 0.1) is 30.3 Å². The normalized spacial score (nSPS) is 17.5. The zero-order valence-electron chi connectivity index (χ0n) is 17.8. The smallest absolute Gasteiger partial charge is 0.295 e. The minimum Gasteiger partial charge on any atom is -0.507 e. The number of hydrogen-bond acceptors (Lipinski definition) is 4. The first-order valence-electron chi connectivity index (χ1n) is 10.3. The maximum atomic E-state index is 13.6. The van der Waals surface area contributed by atoms with Crippen molar-refractivity contribution in [3.8, 4) is 5.75 Å². The third-order valence-electron chi connectivity index (χ3n) is 5.57. The van der Waals surface area contributed by atoms with E-state index in [1.807, 2.05) is 10.8 Å². The van der Waals surface area contributed by atoms with E-state index < -0.39 is 23.5 Å². The van der Waals surface area contributed by atoms with E-state index in [-0.39, 0.29) is 28.5 Å². The summed E-state index contributed by atoms with van der Waals surface area (Å²) in [5.41, 5.74) is 0.724. The number of hydrogen-bond donors (Lipinski definition) is 2. The van der Waals surface area contributed by atoms with Crippen LogP contribution in [0.1, 0.15) is 23.6 Å². The van der Waals surface area contributed by atoms with Gasteiger partial charge in [-0.2, -0.15) is 0 Å². The lowest BCUT2D eigenvalue weighted by molar-refractivity contribution is -0.695. The zero-order valence-corrected chi connectivity index (χ0v) is 18.6. The van der Waals surface area contributed by atoms with Crippen molar-refractivity contribution in [2.75, 3.05) is 13.7 Å². The molecule has 0 radical (unpaired) electrons. The number of rotatable bonds is 7. The molecule has 2 heterocycles. The van der Waals surface area contributed by atoms with Gasteiger partial charge in [-0.05, 0) is 35.9 Å². The van der Waals surface area contributed by atoms with Gasteiger partial charge in [0, 0.05) is 18.5 Å². The number of nitrogens with zero attached hydrogens (tertiary/aromatic N) is 2. The van der Waals surface area contributed by atoms with Gasteiger partial charge in [0.25, 0.3) is 11.7 Å². The van der Waals surface area contributed by atoms with Crippen molar-refractivity contribution >= 4 is 29.1 Å². The molecule has 2 N–H and O–H groups in total. The minimum absolute atomic E-state index is 0.0675. The molecule has 1 amide bonds. The number of imidazole rings is 1.